The number of benzene rings is 3. The van der Waals surface area contributed by atoms with Crippen molar-refractivity contribution in [2.45, 2.75) is 45.6 Å². The van der Waals surface area contributed by atoms with E-state index in [-0.39, 0.29) is 5.78 Å². The SMILES string of the molecule is CCCCc1ccc(C#Cc2ccc(-c3ccc(C(=O)C(C)(C)N4CCOCC4)cc3)cc2)cc1. The first-order valence-corrected chi connectivity index (χ1v) is 12.7. The first-order valence-electron chi connectivity index (χ1n) is 12.7. The molecule has 3 aromatic carbocycles. The van der Waals surface area contributed by atoms with Crippen molar-refractivity contribution in [3.05, 3.63) is 95.1 Å². The van der Waals surface area contributed by atoms with Crippen LogP contribution in [0.1, 0.15) is 60.7 Å². The van der Waals surface area contributed by atoms with Crippen LogP contribution in [-0.2, 0) is 11.2 Å². The van der Waals surface area contributed by atoms with Crippen LogP contribution >= 0.6 is 0 Å². The molecule has 3 nitrogen and oxygen atoms in total. The Labute approximate surface area is 210 Å². The van der Waals surface area contributed by atoms with Crippen LogP contribution in [0.25, 0.3) is 11.1 Å². The van der Waals surface area contributed by atoms with Gasteiger partial charge in [-0.05, 0) is 67.6 Å². The van der Waals surface area contributed by atoms with Gasteiger partial charge in [0.25, 0.3) is 0 Å². The number of ether oxygens (including phenoxy) is 1. The van der Waals surface area contributed by atoms with E-state index < -0.39 is 5.54 Å². The van der Waals surface area contributed by atoms with Gasteiger partial charge >= 0.3 is 0 Å². The summed E-state index contributed by atoms with van der Waals surface area (Å²) in [7, 11) is 0. The van der Waals surface area contributed by atoms with Crippen molar-refractivity contribution in [3.63, 3.8) is 0 Å². The van der Waals surface area contributed by atoms with Gasteiger partial charge in [-0.15, -0.1) is 0 Å². The third-order valence-electron chi connectivity index (χ3n) is 6.85. The predicted molar refractivity (Wildman–Crippen MR) is 144 cm³/mol. The monoisotopic (exact) mass is 465 g/mol. The number of hydrogen-bond donors (Lipinski definition) is 0. The summed E-state index contributed by atoms with van der Waals surface area (Å²) < 4.78 is 5.45. The van der Waals surface area contributed by atoms with Crippen molar-refractivity contribution in [2.75, 3.05) is 26.3 Å². The van der Waals surface area contributed by atoms with Crippen LogP contribution in [0.3, 0.4) is 0 Å². The number of ketones is 1. The maximum Gasteiger partial charge on any atom is 0.182 e. The van der Waals surface area contributed by atoms with E-state index in [0.717, 1.165) is 47.3 Å². The maximum absolute atomic E-state index is 13.2. The number of rotatable bonds is 7. The second-order valence-corrected chi connectivity index (χ2v) is 9.69. The summed E-state index contributed by atoms with van der Waals surface area (Å²) in [6.07, 6.45) is 3.57. The highest BCUT2D eigenvalue weighted by Gasteiger charge is 2.35. The quantitative estimate of drug-likeness (QED) is 0.299. The fraction of sp³-hybridized carbons (Fsp3) is 0.344. The molecule has 0 amide bonds. The van der Waals surface area contributed by atoms with Gasteiger partial charge in [-0.25, -0.2) is 0 Å². The zero-order valence-corrected chi connectivity index (χ0v) is 21.1. The standard InChI is InChI=1S/C32H35NO2/c1-4-5-6-25-7-9-26(10-8-25)11-12-27-13-15-28(16-14-27)29-17-19-30(20-18-29)31(34)32(2,3)33-21-23-35-24-22-33/h7-10,13-20H,4-6,21-24H2,1-3H3. The van der Waals surface area contributed by atoms with Crippen LogP contribution in [0.2, 0.25) is 0 Å². The van der Waals surface area contributed by atoms with Crippen LogP contribution in [0.4, 0.5) is 0 Å². The lowest BCUT2D eigenvalue weighted by Crippen LogP contribution is -2.54. The van der Waals surface area contributed by atoms with E-state index in [4.69, 9.17) is 4.74 Å². The topological polar surface area (TPSA) is 29.5 Å². The van der Waals surface area contributed by atoms with Crippen LogP contribution in [0.15, 0.2) is 72.8 Å². The molecule has 0 N–H and O–H groups in total. The second-order valence-electron chi connectivity index (χ2n) is 9.69. The predicted octanol–water partition coefficient (Wildman–Crippen LogP) is 6.39. The number of carbonyl (C=O) groups is 1. The molecular formula is C32H35NO2. The molecule has 0 bridgehead atoms. The summed E-state index contributed by atoms with van der Waals surface area (Å²) in [5.74, 6) is 6.68. The zero-order valence-electron chi connectivity index (χ0n) is 21.1. The highest BCUT2D eigenvalue weighted by atomic mass is 16.5. The van der Waals surface area contributed by atoms with E-state index in [0.29, 0.717) is 13.2 Å². The van der Waals surface area contributed by atoms with E-state index in [9.17, 15) is 4.79 Å². The molecule has 0 aromatic heterocycles. The molecule has 1 saturated heterocycles. The minimum Gasteiger partial charge on any atom is -0.379 e. The fourth-order valence-corrected chi connectivity index (χ4v) is 4.46. The molecule has 1 aliphatic rings. The van der Waals surface area contributed by atoms with Crippen LogP contribution in [0, 0.1) is 11.8 Å². The molecule has 4 rings (SSSR count). The average Bonchev–Trinajstić information content (AvgIpc) is 2.92. The van der Waals surface area contributed by atoms with Gasteiger partial charge in [0.1, 0.15) is 0 Å². The normalized spacial score (nSPS) is 14.3. The summed E-state index contributed by atoms with van der Waals surface area (Å²) in [6, 6.07) is 24.8. The van der Waals surface area contributed by atoms with Gasteiger partial charge in [0.05, 0.1) is 18.8 Å². The van der Waals surface area contributed by atoms with Crippen molar-refractivity contribution in [1.82, 2.24) is 4.90 Å². The molecule has 3 heteroatoms. The van der Waals surface area contributed by atoms with Gasteiger partial charge in [0.15, 0.2) is 5.78 Å². The number of Topliss-reactive ketones (excluding diaryl/α,β-unsaturated/α-hetero) is 1. The van der Waals surface area contributed by atoms with E-state index in [1.54, 1.807) is 0 Å². The lowest BCUT2D eigenvalue weighted by atomic mass is 9.90. The molecule has 0 radical (unpaired) electrons. The Bertz CT molecular complexity index is 1170. The Morgan fingerprint density at radius 1 is 0.829 bits per heavy atom. The van der Waals surface area contributed by atoms with Gasteiger partial charge in [-0.1, -0.05) is 73.7 Å². The van der Waals surface area contributed by atoms with E-state index in [1.165, 1.54) is 18.4 Å². The smallest absolute Gasteiger partial charge is 0.182 e. The van der Waals surface area contributed by atoms with Crippen molar-refractivity contribution in [2.24, 2.45) is 0 Å². The van der Waals surface area contributed by atoms with Crippen molar-refractivity contribution < 1.29 is 9.53 Å². The third-order valence-corrected chi connectivity index (χ3v) is 6.85. The van der Waals surface area contributed by atoms with E-state index >= 15 is 0 Å². The van der Waals surface area contributed by atoms with Crippen molar-refractivity contribution in [3.8, 4) is 23.0 Å². The Morgan fingerprint density at radius 3 is 1.89 bits per heavy atom. The molecule has 3 aromatic rings. The van der Waals surface area contributed by atoms with Crippen molar-refractivity contribution >= 4 is 5.78 Å². The summed E-state index contributed by atoms with van der Waals surface area (Å²) in [4.78, 5) is 15.4. The molecule has 1 aliphatic heterocycles. The van der Waals surface area contributed by atoms with Crippen LogP contribution in [0.5, 0.6) is 0 Å². The van der Waals surface area contributed by atoms with E-state index in [1.807, 2.05) is 38.1 Å². The molecule has 1 fully saturated rings. The summed E-state index contributed by atoms with van der Waals surface area (Å²) in [6.45, 7) is 9.18. The molecule has 0 atom stereocenters. The Kier molecular flexibility index (Phi) is 8.18. The molecule has 0 saturated carbocycles. The third kappa shape index (κ3) is 6.28. The van der Waals surface area contributed by atoms with Gasteiger partial charge < -0.3 is 4.74 Å². The first kappa shape index (κ1) is 24.9. The summed E-state index contributed by atoms with van der Waals surface area (Å²) >= 11 is 0. The maximum atomic E-state index is 13.2. The van der Waals surface area contributed by atoms with Crippen LogP contribution in [-0.4, -0.2) is 42.5 Å². The minimum atomic E-state index is -0.540. The molecule has 0 spiro atoms. The van der Waals surface area contributed by atoms with Gasteiger partial charge in [-0.3, -0.25) is 9.69 Å². The minimum absolute atomic E-state index is 0.148. The molecular weight excluding hydrogens is 430 g/mol. The fourth-order valence-electron chi connectivity index (χ4n) is 4.46. The average molecular weight is 466 g/mol. The summed E-state index contributed by atoms with van der Waals surface area (Å²) in [5.41, 5.74) is 5.81. The highest BCUT2D eigenvalue weighted by molar-refractivity contribution is 6.03. The molecule has 1 heterocycles. The number of unbranched alkanes of at least 4 members (excludes halogenated alkanes) is 1. The second kappa shape index (κ2) is 11.5. The first-order chi connectivity index (χ1) is 17.0. The number of hydrogen-bond acceptors (Lipinski definition) is 3. The highest BCUT2D eigenvalue weighted by Crippen LogP contribution is 2.25. The number of nitrogens with zero attached hydrogens (tertiary/aromatic N) is 1. The largest absolute Gasteiger partial charge is 0.379 e. The Hall–Kier alpha value is -3.19. The van der Waals surface area contributed by atoms with Gasteiger partial charge in [-0.2, -0.15) is 0 Å². The Balaban J connectivity index is 1.41. The number of aryl methyl sites for hydroxylation is 1. The molecule has 180 valence electrons. The van der Waals surface area contributed by atoms with Gasteiger partial charge in [0, 0.05) is 29.8 Å². The van der Waals surface area contributed by atoms with E-state index in [2.05, 4.69) is 72.2 Å². The van der Waals surface area contributed by atoms with Crippen molar-refractivity contribution in [1.29, 1.82) is 0 Å². The van der Waals surface area contributed by atoms with Crippen LogP contribution < -0.4 is 0 Å². The zero-order chi connectivity index (χ0) is 24.7. The molecule has 0 unspecified atom stereocenters. The number of carbonyl (C=O) groups excluding carboxylic acids is 1. The van der Waals surface area contributed by atoms with Gasteiger partial charge in [0.2, 0.25) is 0 Å². The molecule has 0 aliphatic carbocycles. The lowest BCUT2D eigenvalue weighted by Gasteiger charge is -2.39. The molecule has 35 heavy (non-hydrogen) atoms. The number of morpholine rings is 1. The Morgan fingerprint density at radius 2 is 1.34 bits per heavy atom. The summed E-state index contributed by atoms with van der Waals surface area (Å²) in [5, 5.41) is 0. The lowest BCUT2D eigenvalue weighted by molar-refractivity contribution is -0.00429.